The lowest BCUT2D eigenvalue weighted by molar-refractivity contribution is -0.00461. The monoisotopic (exact) mass is 396 g/mol. The first-order valence-corrected chi connectivity index (χ1v) is 7.98. The number of H-pyrrole nitrogens is 1. The average molecular weight is 397 g/mol. The fourth-order valence-corrected chi connectivity index (χ4v) is 3.39. The minimum absolute atomic E-state index is 0. The molecule has 0 amide bonds. The van der Waals surface area contributed by atoms with Crippen molar-refractivity contribution in [3.63, 3.8) is 0 Å². The van der Waals surface area contributed by atoms with E-state index in [1.165, 1.54) is 0 Å². The number of pyridine rings is 1. The van der Waals surface area contributed by atoms with E-state index in [0.717, 1.165) is 40.8 Å². The standard InChI is InChI=1S/C18H20N4O2.2ClH/c1-23-17-10-22(11-18(17)24-2)16-5-6-19-15-4-3-12(7-14(15)16)13-8-20-21-9-13;;/h3-9,17-18H,10-11H2,1-2H3,(H,20,21);2*1H/t17-,18-;;/m0../s1. The van der Waals surface area contributed by atoms with Crippen LogP contribution in [-0.2, 0) is 9.47 Å². The first-order valence-electron chi connectivity index (χ1n) is 7.98. The SMILES string of the molecule is CO[C@H]1CN(c2ccnc3ccc(-c4cn[nH]c4)cc23)C[C@@H]1OC.Cl.Cl. The molecule has 6 nitrogen and oxygen atoms in total. The van der Waals surface area contributed by atoms with Gasteiger partial charge >= 0.3 is 0 Å². The molecule has 0 radical (unpaired) electrons. The lowest BCUT2D eigenvalue weighted by Gasteiger charge is -2.20. The van der Waals surface area contributed by atoms with Crippen molar-refractivity contribution in [2.75, 3.05) is 32.2 Å². The Morgan fingerprint density at radius 3 is 2.38 bits per heavy atom. The summed E-state index contributed by atoms with van der Waals surface area (Å²) in [4.78, 5) is 6.81. The summed E-state index contributed by atoms with van der Waals surface area (Å²) in [5.41, 5.74) is 4.33. The second-order valence-corrected chi connectivity index (χ2v) is 6.00. The molecule has 4 rings (SSSR count). The molecular formula is C18H22Cl2N4O2. The maximum absolute atomic E-state index is 5.57. The number of methoxy groups -OCH3 is 2. The summed E-state index contributed by atoms with van der Waals surface area (Å²) in [5.74, 6) is 0. The number of nitrogens with one attached hydrogen (secondary N) is 1. The normalized spacial score (nSPS) is 19.2. The van der Waals surface area contributed by atoms with Gasteiger partial charge in [-0.15, -0.1) is 24.8 Å². The molecule has 1 saturated heterocycles. The zero-order valence-corrected chi connectivity index (χ0v) is 16.2. The van der Waals surface area contributed by atoms with E-state index in [1.54, 1.807) is 14.2 Å². The van der Waals surface area contributed by atoms with E-state index in [2.05, 4.69) is 44.3 Å². The fourth-order valence-electron chi connectivity index (χ4n) is 3.39. The van der Waals surface area contributed by atoms with Crippen LogP contribution in [0.15, 0.2) is 42.9 Å². The molecule has 1 N–H and O–H groups in total. The number of hydrogen-bond donors (Lipinski definition) is 1. The Morgan fingerprint density at radius 1 is 1.04 bits per heavy atom. The highest BCUT2D eigenvalue weighted by atomic mass is 35.5. The second-order valence-electron chi connectivity index (χ2n) is 6.00. The number of anilines is 1. The highest BCUT2D eigenvalue weighted by molar-refractivity contribution is 5.94. The van der Waals surface area contributed by atoms with Gasteiger partial charge in [0.05, 0.1) is 11.7 Å². The first-order chi connectivity index (χ1) is 11.8. The number of rotatable bonds is 4. The van der Waals surface area contributed by atoms with Gasteiger partial charge in [-0.25, -0.2) is 0 Å². The summed E-state index contributed by atoms with van der Waals surface area (Å²) < 4.78 is 11.1. The van der Waals surface area contributed by atoms with Crippen LogP contribution in [0.1, 0.15) is 0 Å². The molecule has 1 aliphatic rings. The van der Waals surface area contributed by atoms with Crippen LogP contribution in [0, 0.1) is 0 Å². The van der Waals surface area contributed by atoms with Crippen molar-refractivity contribution in [1.29, 1.82) is 0 Å². The lowest BCUT2D eigenvalue weighted by Crippen LogP contribution is -2.27. The molecule has 0 unspecified atom stereocenters. The average Bonchev–Trinajstić information content (AvgIpc) is 3.30. The Balaban J connectivity index is 0.00000121. The molecule has 1 fully saturated rings. The van der Waals surface area contributed by atoms with Crippen LogP contribution in [-0.4, -0.2) is 54.7 Å². The largest absolute Gasteiger partial charge is 0.377 e. The highest BCUT2D eigenvalue weighted by Gasteiger charge is 2.33. The van der Waals surface area contributed by atoms with Gasteiger partial charge in [0.2, 0.25) is 0 Å². The van der Waals surface area contributed by atoms with Crippen molar-refractivity contribution >= 4 is 41.4 Å². The van der Waals surface area contributed by atoms with Crippen LogP contribution in [0.3, 0.4) is 0 Å². The molecule has 8 heteroatoms. The summed E-state index contributed by atoms with van der Waals surface area (Å²) in [6, 6.07) is 8.36. The number of aromatic nitrogens is 3. The number of nitrogens with zero attached hydrogens (tertiary/aromatic N) is 3. The minimum atomic E-state index is 0. The molecular weight excluding hydrogens is 375 g/mol. The maximum Gasteiger partial charge on any atom is 0.102 e. The predicted octanol–water partition coefficient (Wildman–Crippen LogP) is 3.32. The van der Waals surface area contributed by atoms with Crippen molar-refractivity contribution in [1.82, 2.24) is 15.2 Å². The first kappa shape index (κ1) is 20.5. The number of aromatic amines is 1. The van der Waals surface area contributed by atoms with Crippen LogP contribution < -0.4 is 4.90 Å². The van der Waals surface area contributed by atoms with Gasteiger partial charge < -0.3 is 14.4 Å². The van der Waals surface area contributed by atoms with Crippen molar-refractivity contribution in [3.8, 4) is 11.1 Å². The van der Waals surface area contributed by atoms with Crippen LogP contribution in [0.5, 0.6) is 0 Å². The quantitative estimate of drug-likeness (QED) is 0.732. The van der Waals surface area contributed by atoms with E-state index >= 15 is 0 Å². The molecule has 0 aliphatic carbocycles. The van der Waals surface area contributed by atoms with Gasteiger partial charge in [-0.2, -0.15) is 5.10 Å². The summed E-state index contributed by atoms with van der Waals surface area (Å²) in [6.45, 7) is 1.62. The Morgan fingerprint density at radius 2 is 1.77 bits per heavy atom. The van der Waals surface area contributed by atoms with Crippen LogP contribution in [0.2, 0.25) is 0 Å². The van der Waals surface area contributed by atoms with Gasteiger partial charge in [0.1, 0.15) is 12.2 Å². The Bertz CT molecular complexity index is 832. The van der Waals surface area contributed by atoms with Gasteiger partial charge in [-0.1, -0.05) is 6.07 Å². The van der Waals surface area contributed by atoms with Crippen LogP contribution >= 0.6 is 24.8 Å². The van der Waals surface area contributed by atoms with E-state index in [1.807, 2.05) is 18.6 Å². The maximum atomic E-state index is 5.57. The van der Waals surface area contributed by atoms with Gasteiger partial charge in [-0.05, 0) is 23.8 Å². The zero-order valence-electron chi connectivity index (χ0n) is 14.6. The Kier molecular flexibility index (Phi) is 6.83. The predicted molar refractivity (Wildman–Crippen MR) is 108 cm³/mol. The van der Waals surface area contributed by atoms with Crippen LogP contribution in [0.4, 0.5) is 5.69 Å². The molecule has 3 heterocycles. The molecule has 0 bridgehead atoms. The molecule has 2 atom stereocenters. The summed E-state index contributed by atoms with van der Waals surface area (Å²) in [7, 11) is 3.48. The zero-order chi connectivity index (χ0) is 16.5. The van der Waals surface area contributed by atoms with E-state index in [-0.39, 0.29) is 37.0 Å². The molecule has 1 aliphatic heterocycles. The van der Waals surface area contributed by atoms with E-state index < -0.39 is 0 Å². The number of fused-ring (bicyclic) bond motifs is 1. The van der Waals surface area contributed by atoms with E-state index in [9.17, 15) is 0 Å². The third-order valence-corrected chi connectivity index (χ3v) is 4.71. The fraction of sp³-hybridized carbons (Fsp3) is 0.333. The minimum Gasteiger partial charge on any atom is -0.377 e. The molecule has 3 aromatic rings. The number of ether oxygens (including phenoxy) is 2. The topological polar surface area (TPSA) is 63.3 Å². The van der Waals surface area contributed by atoms with Gasteiger partial charge in [0, 0.05) is 56.3 Å². The molecule has 0 saturated carbocycles. The molecule has 0 spiro atoms. The second kappa shape index (κ2) is 8.68. The Labute approximate surface area is 164 Å². The number of hydrogen-bond acceptors (Lipinski definition) is 5. The highest BCUT2D eigenvalue weighted by Crippen LogP contribution is 2.32. The van der Waals surface area contributed by atoms with E-state index in [4.69, 9.17) is 9.47 Å². The van der Waals surface area contributed by atoms with Crippen molar-refractivity contribution in [2.45, 2.75) is 12.2 Å². The van der Waals surface area contributed by atoms with Gasteiger partial charge in [-0.3, -0.25) is 10.1 Å². The molecule has 1 aromatic carbocycles. The summed E-state index contributed by atoms with van der Waals surface area (Å²) in [5, 5.41) is 8.03. The van der Waals surface area contributed by atoms with Gasteiger partial charge in [0.25, 0.3) is 0 Å². The molecule has 2 aromatic heterocycles. The van der Waals surface area contributed by atoms with Crippen LogP contribution in [0.25, 0.3) is 22.0 Å². The van der Waals surface area contributed by atoms with Gasteiger partial charge in [0.15, 0.2) is 0 Å². The van der Waals surface area contributed by atoms with Crippen molar-refractivity contribution in [3.05, 3.63) is 42.9 Å². The summed E-state index contributed by atoms with van der Waals surface area (Å²) in [6.07, 6.45) is 5.74. The number of benzene rings is 1. The third-order valence-electron chi connectivity index (χ3n) is 4.71. The van der Waals surface area contributed by atoms with E-state index in [0.29, 0.717) is 0 Å². The third kappa shape index (κ3) is 3.64. The molecule has 140 valence electrons. The summed E-state index contributed by atoms with van der Waals surface area (Å²) >= 11 is 0. The van der Waals surface area contributed by atoms with Crippen molar-refractivity contribution in [2.24, 2.45) is 0 Å². The Hall–Kier alpha value is -1.86. The molecule has 26 heavy (non-hydrogen) atoms. The number of halogens is 2. The lowest BCUT2D eigenvalue weighted by atomic mass is 10.1. The van der Waals surface area contributed by atoms with Crippen molar-refractivity contribution < 1.29 is 9.47 Å². The smallest absolute Gasteiger partial charge is 0.102 e.